The summed E-state index contributed by atoms with van der Waals surface area (Å²) in [6, 6.07) is 11.3. The Morgan fingerprint density at radius 2 is 1.87 bits per heavy atom. The number of carbonyl (C=O) groups is 3. The van der Waals surface area contributed by atoms with Crippen LogP contribution in [0.3, 0.4) is 0 Å². The number of hydrogen-bond donors (Lipinski definition) is 3. The number of urea groups is 1. The minimum atomic E-state index is -1.41. The van der Waals surface area contributed by atoms with Crippen molar-refractivity contribution in [3.8, 4) is 16.9 Å². The molecule has 9 heteroatoms. The molecule has 3 N–H and O–H groups in total. The number of carbonyl (C=O) groups excluding carboxylic acids is 3. The molecule has 1 saturated heterocycles. The Bertz CT molecular complexity index is 1230. The molecule has 0 radical (unpaired) electrons. The van der Waals surface area contributed by atoms with E-state index in [4.69, 9.17) is 0 Å². The third-order valence-electron chi connectivity index (χ3n) is 5.76. The summed E-state index contributed by atoms with van der Waals surface area (Å²) in [4.78, 5) is 39.4. The van der Waals surface area contributed by atoms with Gasteiger partial charge in [-0.3, -0.25) is 19.6 Å². The van der Waals surface area contributed by atoms with E-state index in [1.54, 1.807) is 29.1 Å². The molecule has 3 heterocycles. The average molecular weight is 417 g/mol. The number of phenols is 1. The highest BCUT2D eigenvalue weighted by atomic mass is 16.3. The van der Waals surface area contributed by atoms with Crippen molar-refractivity contribution in [3.63, 3.8) is 0 Å². The van der Waals surface area contributed by atoms with Crippen molar-refractivity contribution in [2.75, 3.05) is 6.54 Å². The van der Waals surface area contributed by atoms with Crippen molar-refractivity contribution in [1.29, 1.82) is 0 Å². The summed E-state index contributed by atoms with van der Waals surface area (Å²) in [5, 5.41) is 18.9. The topological polar surface area (TPSA) is 117 Å². The van der Waals surface area contributed by atoms with E-state index < -0.39 is 17.5 Å². The molecule has 0 aliphatic carbocycles. The van der Waals surface area contributed by atoms with Crippen LogP contribution < -0.4 is 10.6 Å². The second-order valence-corrected chi connectivity index (χ2v) is 7.80. The first kappa shape index (κ1) is 18.9. The summed E-state index contributed by atoms with van der Waals surface area (Å²) >= 11 is 0. The molecule has 1 aromatic heterocycles. The molecule has 2 aliphatic rings. The Morgan fingerprint density at radius 3 is 2.52 bits per heavy atom. The summed E-state index contributed by atoms with van der Waals surface area (Å²) in [6.07, 6.45) is 3.62. The van der Waals surface area contributed by atoms with Gasteiger partial charge in [-0.25, -0.2) is 4.79 Å². The van der Waals surface area contributed by atoms with E-state index in [1.165, 1.54) is 17.0 Å². The van der Waals surface area contributed by atoms with Gasteiger partial charge >= 0.3 is 6.03 Å². The van der Waals surface area contributed by atoms with E-state index in [1.807, 2.05) is 25.4 Å². The molecule has 1 fully saturated rings. The number of nitrogens with one attached hydrogen (secondary N) is 2. The molecule has 0 unspecified atom stereocenters. The van der Waals surface area contributed by atoms with Crippen LogP contribution in [-0.4, -0.2) is 44.2 Å². The Balaban J connectivity index is 1.49. The Kier molecular flexibility index (Phi) is 4.07. The van der Waals surface area contributed by atoms with E-state index in [-0.39, 0.29) is 24.7 Å². The molecule has 0 spiro atoms. The maximum Gasteiger partial charge on any atom is 0.322 e. The first-order valence-corrected chi connectivity index (χ1v) is 9.70. The van der Waals surface area contributed by atoms with E-state index in [0.29, 0.717) is 11.1 Å². The van der Waals surface area contributed by atoms with Gasteiger partial charge in [-0.1, -0.05) is 30.3 Å². The molecular formula is C22H19N5O4. The zero-order valence-corrected chi connectivity index (χ0v) is 16.6. The van der Waals surface area contributed by atoms with Gasteiger partial charge in [-0.05, 0) is 28.8 Å². The van der Waals surface area contributed by atoms with Gasteiger partial charge in [0.15, 0.2) is 5.54 Å². The number of aryl methyl sites for hydroxylation is 1. The molecule has 0 saturated carbocycles. The predicted octanol–water partition coefficient (Wildman–Crippen LogP) is 1.48. The van der Waals surface area contributed by atoms with Crippen LogP contribution in [0.2, 0.25) is 0 Å². The Labute approximate surface area is 177 Å². The standard InChI is InChI=1S/C22H19N5O4/c1-26-10-15(9-23-26)13-2-5-16(6-3-13)22(20(30)24-21(31)25-22)12-27-11-14-4-7-17(28)8-18(14)19(27)29/h2-10,28H,11-12H2,1H3,(H2,24,25,30,31)/t22-/m0/s1. The van der Waals surface area contributed by atoms with Crippen LogP contribution in [0, 0.1) is 0 Å². The van der Waals surface area contributed by atoms with Crippen LogP contribution in [0.15, 0.2) is 54.9 Å². The van der Waals surface area contributed by atoms with Crippen molar-refractivity contribution in [3.05, 3.63) is 71.5 Å². The lowest BCUT2D eigenvalue weighted by Crippen LogP contribution is -2.52. The van der Waals surface area contributed by atoms with Gasteiger partial charge in [0.05, 0.1) is 12.7 Å². The minimum absolute atomic E-state index is 0.00145. The molecule has 0 bridgehead atoms. The number of amides is 4. The van der Waals surface area contributed by atoms with Crippen LogP contribution in [0.25, 0.3) is 11.1 Å². The van der Waals surface area contributed by atoms with Crippen molar-refractivity contribution in [2.45, 2.75) is 12.1 Å². The van der Waals surface area contributed by atoms with Crippen LogP contribution in [0.4, 0.5) is 4.79 Å². The van der Waals surface area contributed by atoms with Gasteiger partial charge in [0.2, 0.25) is 0 Å². The number of fused-ring (bicyclic) bond motifs is 1. The van der Waals surface area contributed by atoms with Gasteiger partial charge in [0, 0.05) is 30.9 Å². The average Bonchev–Trinajstić information content (AvgIpc) is 3.39. The number of nitrogens with zero attached hydrogens (tertiary/aromatic N) is 3. The van der Waals surface area contributed by atoms with Crippen LogP contribution in [0.1, 0.15) is 21.5 Å². The smallest absolute Gasteiger partial charge is 0.322 e. The van der Waals surface area contributed by atoms with Crippen LogP contribution >= 0.6 is 0 Å². The van der Waals surface area contributed by atoms with Crippen molar-refractivity contribution in [2.24, 2.45) is 7.05 Å². The zero-order valence-electron chi connectivity index (χ0n) is 16.6. The van der Waals surface area contributed by atoms with E-state index >= 15 is 0 Å². The predicted molar refractivity (Wildman–Crippen MR) is 110 cm³/mol. The molecule has 156 valence electrons. The lowest BCUT2D eigenvalue weighted by molar-refractivity contribution is -0.124. The maximum atomic E-state index is 12.9. The van der Waals surface area contributed by atoms with Gasteiger partial charge in [0.1, 0.15) is 5.75 Å². The molecule has 3 aromatic rings. The highest BCUT2D eigenvalue weighted by Crippen LogP contribution is 2.33. The largest absolute Gasteiger partial charge is 0.508 e. The molecule has 2 aliphatic heterocycles. The summed E-state index contributed by atoms with van der Waals surface area (Å²) in [6.45, 7) is 0.248. The number of rotatable bonds is 4. The van der Waals surface area contributed by atoms with E-state index in [0.717, 1.165) is 16.7 Å². The normalized spacial score (nSPS) is 20.0. The molecule has 5 rings (SSSR count). The fourth-order valence-electron chi connectivity index (χ4n) is 4.18. The number of hydrogen-bond acceptors (Lipinski definition) is 5. The number of aromatic hydroxyl groups is 1. The second kappa shape index (κ2) is 6.69. The van der Waals surface area contributed by atoms with Crippen LogP contribution in [-0.2, 0) is 23.9 Å². The van der Waals surface area contributed by atoms with Crippen molar-refractivity contribution in [1.82, 2.24) is 25.3 Å². The monoisotopic (exact) mass is 417 g/mol. The lowest BCUT2D eigenvalue weighted by atomic mass is 9.88. The molecule has 4 amide bonds. The van der Waals surface area contributed by atoms with Gasteiger partial charge in [0.25, 0.3) is 11.8 Å². The van der Waals surface area contributed by atoms with Crippen molar-refractivity contribution >= 4 is 17.8 Å². The van der Waals surface area contributed by atoms with Crippen molar-refractivity contribution < 1.29 is 19.5 Å². The lowest BCUT2D eigenvalue weighted by Gasteiger charge is -2.31. The van der Waals surface area contributed by atoms with E-state index in [9.17, 15) is 19.5 Å². The maximum absolute atomic E-state index is 12.9. The molecule has 1 atom stereocenters. The van der Waals surface area contributed by atoms with Gasteiger partial charge in [-0.2, -0.15) is 5.10 Å². The summed E-state index contributed by atoms with van der Waals surface area (Å²) < 4.78 is 1.70. The molecule has 9 nitrogen and oxygen atoms in total. The first-order valence-electron chi connectivity index (χ1n) is 9.70. The zero-order chi connectivity index (χ0) is 21.8. The quantitative estimate of drug-likeness (QED) is 0.556. The number of benzene rings is 2. The second-order valence-electron chi connectivity index (χ2n) is 7.80. The van der Waals surface area contributed by atoms with Gasteiger partial charge < -0.3 is 15.3 Å². The SMILES string of the molecule is Cn1cc(-c2ccc([C@]3(CN4Cc5ccc(O)cc5C4=O)NC(=O)NC3=O)cc2)cn1. The fraction of sp³-hybridized carbons (Fsp3) is 0.182. The molecule has 31 heavy (non-hydrogen) atoms. The Hall–Kier alpha value is -4.14. The highest BCUT2D eigenvalue weighted by Gasteiger charge is 2.50. The summed E-state index contributed by atoms with van der Waals surface area (Å²) in [5.41, 5.74) is 2.14. The molecule has 2 aromatic carbocycles. The number of aromatic nitrogens is 2. The van der Waals surface area contributed by atoms with Gasteiger partial charge in [-0.15, -0.1) is 0 Å². The number of imide groups is 1. The van der Waals surface area contributed by atoms with Crippen LogP contribution in [0.5, 0.6) is 5.75 Å². The number of phenolic OH excluding ortho intramolecular Hbond substituents is 1. The summed E-state index contributed by atoms with van der Waals surface area (Å²) in [7, 11) is 1.83. The highest BCUT2D eigenvalue weighted by molar-refractivity contribution is 6.08. The fourth-order valence-corrected chi connectivity index (χ4v) is 4.18. The van der Waals surface area contributed by atoms with E-state index in [2.05, 4.69) is 15.7 Å². The first-order chi connectivity index (χ1) is 14.9. The Morgan fingerprint density at radius 1 is 1.10 bits per heavy atom. The third kappa shape index (κ3) is 3.02. The molecular weight excluding hydrogens is 398 g/mol. The third-order valence-corrected chi connectivity index (χ3v) is 5.76. The minimum Gasteiger partial charge on any atom is -0.508 e. The summed E-state index contributed by atoms with van der Waals surface area (Å²) in [5.74, 6) is -0.814.